The van der Waals surface area contributed by atoms with Crippen LogP contribution in [-0.4, -0.2) is 12.9 Å². The molecule has 0 heterocycles. The van der Waals surface area contributed by atoms with Crippen molar-refractivity contribution in [2.75, 3.05) is 7.11 Å². The van der Waals surface area contributed by atoms with Crippen molar-refractivity contribution < 1.29 is 13.9 Å². The number of Topliss-reactive ketones (excluding diaryl/α,β-unsaturated/α-hetero) is 1. The fourth-order valence-corrected chi connectivity index (χ4v) is 6.27. The van der Waals surface area contributed by atoms with Gasteiger partial charge in [0.1, 0.15) is 11.6 Å². The molecule has 0 aromatic heterocycles. The first-order valence-electron chi connectivity index (χ1n) is 10.7. The van der Waals surface area contributed by atoms with Crippen LogP contribution in [0.3, 0.4) is 0 Å². The van der Waals surface area contributed by atoms with Gasteiger partial charge in [0.2, 0.25) is 0 Å². The monoisotopic (exact) mass is 390 g/mol. The van der Waals surface area contributed by atoms with Crippen molar-refractivity contribution in [1.82, 2.24) is 0 Å². The highest BCUT2D eigenvalue weighted by Crippen LogP contribution is 2.60. The molecule has 29 heavy (non-hydrogen) atoms. The number of benzene rings is 2. The molecule has 3 heteroatoms. The van der Waals surface area contributed by atoms with Crippen molar-refractivity contribution >= 4 is 11.9 Å². The van der Waals surface area contributed by atoms with E-state index in [0.717, 1.165) is 43.4 Å². The molecule has 0 aliphatic heterocycles. The quantitative estimate of drug-likeness (QED) is 0.592. The largest absolute Gasteiger partial charge is 0.497 e. The van der Waals surface area contributed by atoms with Gasteiger partial charge in [-0.25, -0.2) is 4.39 Å². The fraction of sp³-hybridized carbons (Fsp3) is 0.423. The zero-order valence-corrected chi connectivity index (χ0v) is 17.1. The van der Waals surface area contributed by atoms with E-state index in [0.29, 0.717) is 23.3 Å². The molecule has 0 bridgehead atoms. The number of ether oxygens (including phenoxy) is 1. The van der Waals surface area contributed by atoms with Gasteiger partial charge in [0.25, 0.3) is 0 Å². The molecule has 0 spiro atoms. The van der Waals surface area contributed by atoms with Crippen molar-refractivity contribution in [1.29, 1.82) is 0 Å². The molecule has 150 valence electrons. The number of allylic oxidation sites excluding steroid dienone is 1. The number of hydrogen-bond acceptors (Lipinski definition) is 2. The summed E-state index contributed by atoms with van der Waals surface area (Å²) in [6, 6.07) is 13.2. The summed E-state index contributed by atoms with van der Waals surface area (Å²) < 4.78 is 19.6. The van der Waals surface area contributed by atoms with E-state index in [2.05, 4.69) is 25.1 Å². The van der Waals surface area contributed by atoms with Crippen molar-refractivity contribution in [3.8, 4) is 5.75 Å². The number of ketones is 1. The van der Waals surface area contributed by atoms with Gasteiger partial charge in [-0.15, -0.1) is 0 Å². The third-order valence-electron chi connectivity index (χ3n) is 7.81. The Kier molecular flexibility index (Phi) is 4.38. The van der Waals surface area contributed by atoms with Gasteiger partial charge in [0.05, 0.1) is 7.11 Å². The van der Waals surface area contributed by atoms with Crippen LogP contribution in [0, 0.1) is 23.1 Å². The minimum absolute atomic E-state index is 0.240. The zero-order valence-electron chi connectivity index (χ0n) is 17.1. The molecule has 4 atom stereocenters. The highest BCUT2D eigenvalue weighted by Gasteiger charge is 2.56. The highest BCUT2D eigenvalue weighted by molar-refractivity contribution is 6.06. The van der Waals surface area contributed by atoms with Crippen LogP contribution in [0.25, 0.3) is 6.08 Å². The first-order chi connectivity index (χ1) is 14.0. The van der Waals surface area contributed by atoms with Crippen LogP contribution in [0.5, 0.6) is 5.75 Å². The Morgan fingerprint density at radius 1 is 1.17 bits per heavy atom. The molecule has 2 nitrogen and oxygen atoms in total. The number of rotatable bonds is 2. The second kappa shape index (κ2) is 6.83. The Bertz CT molecular complexity index is 1010. The van der Waals surface area contributed by atoms with Crippen LogP contribution in [-0.2, 0) is 11.2 Å². The van der Waals surface area contributed by atoms with Crippen LogP contribution in [0.1, 0.15) is 55.2 Å². The van der Waals surface area contributed by atoms with Gasteiger partial charge in [0, 0.05) is 11.0 Å². The highest BCUT2D eigenvalue weighted by atomic mass is 19.1. The van der Waals surface area contributed by atoms with Crippen molar-refractivity contribution in [3.05, 3.63) is 70.5 Å². The SMILES string of the molecule is COc1ccc2c(c1)CC[C@@H]1[C@@H]2CC[C@]2(C)C(=O)/C(=C/c3ccccc3F)C[C@@H]12. The number of halogens is 1. The lowest BCUT2D eigenvalue weighted by atomic mass is 9.55. The van der Waals surface area contributed by atoms with E-state index in [1.54, 1.807) is 25.3 Å². The molecule has 3 aliphatic rings. The van der Waals surface area contributed by atoms with Crippen molar-refractivity contribution in [2.45, 2.75) is 44.9 Å². The average molecular weight is 390 g/mol. The van der Waals surface area contributed by atoms with E-state index in [9.17, 15) is 9.18 Å². The smallest absolute Gasteiger partial charge is 0.165 e. The molecule has 2 aromatic rings. The van der Waals surface area contributed by atoms with Gasteiger partial charge in [-0.05, 0) is 90.8 Å². The van der Waals surface area contributed by atoms with Gasteiger partial charge in [-0.3, -0.25) is 4.79 Å². The van der Waals surface area contributed by atoms with Gasteiger partial charge < -0.3 is 4.74 Å². The second-order valence-corrected chi connectivity index (χ2v) is 9.16. The van der Waals surface area contributed by atoms with Crippen LogP contribution in [0.4, 0.5) is 4.39 Å². The van der Waals surface area contributed by atoms with E-state index in [4.69, 9.17) is 4.74 Å². The molecule has 2 saturated carbocycles. The predicted molar refractivity (Wildman–Crippen MR) is 112 cm³/mol. The number of carbonyl (C=O) groups is 1. The van der Waals surface area contributed by atoms with E-state index < -0.39 is 0 Å². The van der Waals surface area contributed by atoms with Gasteiger partial charge in [-0.1, -0.05) is 31.2 Å². The third-order valence-corrected chi connectivity index (χ3v) is 7.81. The van der Waals surface area contributed by atoms with E-state index in [-0.39, 0.29) is 17.0 Å². The summed E-state index contributed by atoms with van der Waals surface area (Å²) >= 11 is 0. The first-order valence-corrected chi connectivity index (χ1v) is 10.7. The third kappa shape index (κ3) is 2.86. The molecule has 2 fully saturated rings. The maximum Gasteiger partial charge on any atom is 0.165 e. The molecule has 5 rings (SSSR count). The number of hydrogen-bond donors (Lipinski definition) is 0. The van der Waals surface area contributed by atoms with Crippen molar-refractivity contribution in [2.24, 2.45) is 17.3 Å². The maximum absolute atomic E-state index is 14.2. The lowest BCUT2D eigenvalue weighted by Crippen LogP contribution is -2.42. The summed E-state index contributed by atoms with van der Waals surface area (Å²) in [6.45, 7) is 2.15. The maximum atomic E-state index is 14.2. The van der Waals surface area contributed by atoms with Crippen molar-refractivity contribution in [3.63, 3.8) is 0 Å². The summed E-state index contributed by atoms with van der Waals surface area (Å²) in [5.41, 5.74) is 3.88. The lowest BCUT2D eigenvalue weighted by Gasteiger charge is -2.48. The van der Waals surface area contributed by atoms with Crippen LogP contribution < -0.4 is 4.74 Å². The number of fused-ring (bicyclic) bond motifs is 5. The molecule has 0 N–H and O–H groups in total. The van der Waals surface area contributed by atoms with Crippen LogP contribution >= 0.6 is 0 Å². The molecule has 0 amide bonds. The van der Waals surface area contributed by atoms with E-state index in [1.807, 2.05) is 6.07 Å². The van der Waals surface area contributed by atoms with E-state index in [1.165, 1.54) is 17.2 Å². The predicted octanol–water partition coefficient (Wildman–Crippen LogP) is 5.95. The van der Waals surface area contributed by atoms with Crippen LogP contribution in [0.15, 0.2) is 48.0 Å². The number of methoxy groups -OCH3 is 1. The lowest BCUT2D eigenvalue weighted by molar-refractivity contribution is -0.127. The average Bonchev–Trinajstić information content (AvgIpc) is 2.99. The molecular weight excluding hydrogens is 363 g/mol. The Balaban J connectivity index is 1.49. The van der Waals surface area contributed by atoms with Gasteiger partial charge in [-0.2, -0.15) is 0 Å². The summed E-state index contributed by atoms with van der Waals surface area (Å²) in [7, 11) is 1.72. The molecule has 0 unspecified atom stereocenters. The standard InChI is InChI=1S/C26H27FO2/c1-26-12-11-21-20-10-8-19(29-2)14-16(20)7-9-22(21)23(26)15-18(25(26)28)13-17-5-3-4-6-24(17)27/h3-6,8,10,13-14,21-23H,7,9,11-12,15H2,1-2H3/b18-13+/t21-,22-,23+,26+/m1/s1. The van der Waals surface area contributed by atoms with Gasteiger partial charge in [0.15, 0.2) is 5.78 Å². The summed E-state index contributed by atoms with van der Waals surface area (Å²) in [4.78, 5) is 13.4. The Morgan fingerprint density at radius 3 is 2.79 bits per heavy atom. The normalized spacial score (nSPS) is 31.9. The molecule has 0 radical (unpaired) electrons. The summed E-state index contributed by atoms with van der Waals surface area (Å²) in [5, 5.41) is 0. The van der Waals surface area contributed by atoms with Gasteiger partial charge >= 0.3 is 0 Å². The summed E-state index contributed by atoms with van der Waals surface area (Å²) in [6.07, 6.45) is 6.70. The molecular formula is C26H27FO2. The first kappa shape index (κ1) is 18.6. The Morgan fingerprint density at radius 2 is 2.00 bits per heavy atom. The minimum atomic E-state index is -0.303. The fourth-order valence-electron chi connectivity index (χ4n) is 6.27. The molecule has 2 aromatic carbocycles. The number of carbonyl (C=O) groups excluding carboxylic acids is 1. The Hall–Kier alpha value is -2.42. The molecule has 0 saturated heterocycles. The second-order valence-electron chi connectivity index (χ2n) is 9.16. The minimum Gasteiger partial charge on any atom is -0.497 e. The molecule has 3 aliphatic carbocycles. The Labute approximate surface area is 171 Å². The zero-order chi connectivity index (χ0) is 20.2. The van der Waals surface area contributed by atoms with E-state index >= 15 is 0 Å². The van der Waals surface area contributed by atoms with Crippen LogP contribution in [0.2, 0.25) is 0 Å². The topological polar surface area (TPSA) is 26.3 Å². The summed E-state index contributed by atoms with van der Waals surface area (Å²) in [5.74, 6) is 2.29. The number of aryl methyl sites for hydroxylation is 1.